The van der Waals surface area contributed by atoms with E-state index >= 15 is 0 Å². The number of halogens is 4. The van der Waals surface area contributed by atoms with Crippen LogP contribution in [0.5, 0.6) is 5.75 Å². The minimum absolute atomic E-state index is 0.0582. The van der Waals surface area contributed by atoms with Gasteiger partial charge < -0.3 is 24.9 Å². The van der Waals surface area contributed by atoms with Crippen LogP contribution >= 0.6 is 40.0 Å². The average Bonchev–Trinajstić information content (AvgIpc) is 3.31. The summed E-state index contributed by atoms with van der Waals surface area (Å²) in [5.74, 6) is 0.977. The number of methoxy groups -OCH3 is 1. The lowest BCUT2D eigenvalue weighted by Crippen LogP contribution is -2.35. The number of benzene rings is 1. The Morgan fingerprint density at radius 1 is 1.40 bits per heavy atom. The lowest BCUT2D eigenvalue weighted by molar-refractivity contribution is -0.117. The number of ether oxygens (including phenoxy) is 1. The Balaban J connectivity index is 1.68. The lowest BCUT2D eigenvalue weighted by atomic mass is 10.2. The molecule has 2 aliphatic rings. The number of pyridine rings is 1. The molecule has 3 heterocycles. The molecule has 160 valence electrons. The summed E-state index contributed by atoms with van der Waals surface area (Å²) in [7, 11) is 1.53. The minimum atomic E-state index is -2.60. The van der Waals surface area contributed by atoms with Crippen molar-refractivity contribution in [3.8, 4) is 5.75 Å². The van der Waals surface area contributed by atoms with Gasteiger partial charge in [0, 0.05) is 37.2 Å². The van der Waals surface area contributed by atoms with E-state index in [0.717, 1.165) is 12.1 Å². The fourth-order valence-corrected chi connectivity index (χ4v) is 5.85. The number of carbonyl (C=O) groups is 1. The predicted octanol–water partition coefficient (Wildman–Crippen LogP) is 5.38. The van der Waals surface area contributed by atoms with E-state index in [-0.39, 0.29) is 17.4 Å². The van der Waals surface area contributed by atoms with E-state index in [1.165, 1.54) is 11.8 Å². The van der Waals surface area contributed by atoms with Crippen LogP contribution in [0.3, 0.4) is 0 Å². The highest BCUT2D eigenvalue weighted by Gasteiger charge is 2.38. The minimum Gasteiger partial charge on any atom is -0.494 e. The Labute approximate surface area is 191 Å². The number of fused-ring (bicyclic) bond motifs is 1. The van der Waals surface area contributed by atoms with Crippen molar-refractivity contribution in [1.29, 1.82) is 0 Å². The van der Waals surface area contributed by atoms with Crippen LogP contribution in [0.4, 0.5) is 37.3 Å². The van der Waals surface area contributed by atoms with E-state index in [9.17, 15) is 13.6 Å². The van der Waals surface area contributed by atoms with Crippen molar-refractivity contribution >= 4 is 74.5 Å². The highest BCUT2D eigenvalue weighted by molar-refractivity contribution is 14.2. The summed E-state index contributed by atoms with van der Waals surface area (Å²) in [6.07, 6.45) is -2.35. The highest BCUT2D eigenvalue weighted by atomic mass is 127. The van der Waals surface area contributed by atoms with Gasteiger partial charge in [-0.1, -0.05) is 11.6 Å². The summed E-state index contributed by atoms with van der Waals surface area (Å²) in [4.78, 5) is 18.0. The molecular weight excluding hydrogens is 550 g/mol. The normalized spacial score (nSPS) is 18.5. The van der Waals surface area contributed by atoms with Gasteiger partial charge in [-0.05, 0) is 40.6 Å². The summed E-state index contributed by atoms with van der Waals surface area (Å²) >= 11 is 8.22. The molecule has 0 saturated carbocycles. The first-order valence-electron chi connectivity index (χ1n) is 9.09. The number of rotatable bonds is 6. The highest BCUT2D eigenvalue weighted by Crippen LogP contribution is 2.49. The number of amides is 1. The fraction of sp³-hybridized carbons (Fsp3) is 0.333. The van der Waals surface area contributed by atoms with Crippen molar-refractivity contribution < 1.29 is 18.3 Å². The summed E-state index contributed by atoms with van der Waals surface area (Å²) in [6.45, 7) is 0.675. The van der Waals surface area contributed by atoms with Crippen LogP contribution in [0.15, 0.2) is 24.3 Å². The number of nitrogens with one attached hydrogen (secondary N) is 2. The third kappa shape index (κ3) is 3.97. The van der Waals surface area contributed by atoms with Crippen molar-refractivity contribution in [1.82, 2.24) is 4.98 Å². The largest absolute Gasteiger partial charge is 0.494 e. The zero-order valence-electron chi connectivity index (χ0n) is 15.8. The summed E-state index contributed by atoms with van der Waals surface area (Å²) in [5, 5.41) is 6.25. The molecule has 1 fully saturated rings. The Kier molecular flexibility index (Phi) is 6.36. The molecule has 0 aliphatic carbocycles. The lowest BCUT2D eigenvalue weighted by Gasteiger charge is -2.22. The van der Waals surface area contributed by atoms with Gasteiger partial charge >= 0.3 is 0 Å². The Hall–Kier alpha value is -1.65. The Morgan fingerprint density at radius 3 is 2.83 bits per heavy atom. The number of hydrogen-bond acceptors (Lipinski definition) is 6. The molecule has 30 heavy (non-hydrogen) atoms. The number of aromatic nitrogens is 1. The van der Waals surface area contributed by atoms with Gasteiger partial charge in [0.15, 0.2) is 12.0 Å². The maximum atomic E-state index is 13.5. The second kappa shape index (κ2) is 8.84. The molecule has 2 N–H and O–H groups in total. The molecule has 0 bridgehead atoms. The van der Waals surface area contributed by atoms with Crippen molar-refractivity contribution in [3.05, 3.63) is 29.4 Å². The summed E-state index contributed by atoms with van der Waals surface area (Å²) in [5.41, 5.74) is 2.33. The molecule has 0 radical (unpaired) electrons. The monoisotopic (exact) mass is 567 g/mol. The van der Waals surface area contributed by atoms with Crippen molar-refractivity contribution in [2.24, 2.45) is 0 Å². The molecule has 7 nitrogen and oxygen atoms in total. The quantitative estimate of drug-likeness (QED) is 0.278. The second-order valence-corrected chi connectivity index (χ2v) is 9.21. The number of hydrogen-bond donors (Lipinski definition) is 2. The maximum absolute atomic E-state index is 13.5. The molecule has 1 amide bonds. The molecule has 1 saturated heterocycles. The third-order valence-electron chi connectivity index (χ3n) is 4.94. The number of carbonyl (C=O) groups excluding carboxylic acids is 1. The summed E-state index contributed by atoms with van der Waals surface area (Å²) in [6, 6.07) is 6.97. The molecular formula is C18H18ClF2IN5O2P. The SMILES string of the molecule is COc1cc(N2CCCC2=O)ccc1Nc1cc(Cl)nc2c1NC(C(F)F)N2PI. The number of alkyl halides is 2. The molecule has 2 unspecified atom stereocenters. The van der Waals surface area contributed by atoms with Crippen LogP contribution in [0, 0.1) is 0 Å². The molecule has 2 aliphatic heterocycles. The van der Waals surface area contributed by atoms with E-state index in [4.69, 9.17) is 16.3 Å². The number of nitrogens with zero attached hydrogens (tertiary/aromatic N) is 3. The summed E-state index contributed by atoms with van der Waals surface area (Å²) < 4.78 is 34.0. The molecule has 1 aromatic heterocycles. The molecule has 2 atom stereocenters. The first kappa shape index (κ1) is 21.6. The number of anilines is 5. The van der Waals surface area contributed by atoms with Gasteiger partial charge in [-0.3, -0.25) is 4.79 Å². The van der Waals surface area contributed by atoms with E-state index in [1.807, 2.05) is 28.1 Å². The molecule has 12 heteroatoms. The van der Waals surface area contributed by atoms with Gasteiger partial charge in [-0.25, -0.2) is 13.8 Å². The van der Waals surface area contributed by atoms with Gasteiger partial charge in [0.25, 0.3) is 6.43 Å². The standard InChI is InChI=1S/C18H18ClF2IN5O2P/c1-29-12-7-9(26-6-2-3-14(26)28)4-5-10(12)23-11-8-13(19)24-17-15(11)25-18(16(20)21)27(17)30-22/h4-5,7-8,16,18,25,30H,2-3,6H2,1H3,(H,23,24). The van der Waals surface area contributed by atoms with E-state index in [0.29, 0.717) is 41.6 Å². The molecule has 0 spiro atoms. The van der Waals surface area contributed by atoms with Crippen LogP contribution < -0.4 is 24.9 Å². The van der Waals surface area contributed by atoms with E-state index in [2.05, 4.69) is 15.6 Å². The molecule has 1 aromatic carbocycles. The van der Waals surface area contributed by atoms with Crippen LogP contribution in [0.25, 0.3) is 0 Å². The molecule has 4 rings (SSSR count). The van der Waals surface area contributed by atoms with E-state index in [1.54, 1.807) is 23.1 Å². The van der Waals surface area contributed by atoms with Gasteiger partial charge in [0.05, 0.1) is 18.5 Å². The third-order valence-corrected chi connectivity index (χ3v) is 7.36. The predicted molar refractivity (Wildman–Crippen MR) is 125 cm³/mol. The fourth-order valence-electron chi connectivity index (χ4n) is 3.55. The maximum Gasteiger partial charge on any atom is 0.277 e. The average molecular weight is 568 g/mol. The zero-order valence-corrected chi connectivity index (χ0v) is 19.7. The van der Waals surface area contributed by atoms with Crippen molar-refractivity contribution in [3.63, 3.8) is 0 Å². The van der Waals surface area contributed by atoms with Crippen molar-refractivity contribution in [2.45, 2.75) is 25.4 Å². The van der Waals surface area contributed by atoms with Crippen LogP contribution in [-0.2, 0) is 4.79 Å². The topological polar surface area (TPSA) is 69.7 Å². The van der Waals surface area contributed by atoms with Gasteiger partial charge in [-0.2, -0.15) is 0 Å². The van der Waals surface area contributed by atoms with E-state index < -0.39 is 12.6 Å². The zero-order chi connectivity index (χ0) is 21.4. The van der Waals surface area contributed by atoms with Gasteiger partial charge in [0.1, 0.15) is 16.6 Å². The second-order valence-electron chi connectivity index (χ2n) is 6.73. The Bertz CT molecular complexity index is 986. The first-order chi connectivity index (χ1) is 14.4. The van der Waals surface area contributed by atoms with Crippen LogP contribution in [-0.4, -0.2) is 37.1 Å². The Morgan fingerprint density at radius 2 is 2.20 bits per heavy atom. The van der Waals surface area contributed by atoms with Gasteiger partial charge in [0.2, 0.25) is 5.91 Å². The van der Waals surface area contributed by atoms with Crippen LogP contribution in [0.1, 0.15) is 12.8 Å². The van der Waals surface area contributed by atoms with Gasteiger partial charge in [-0.15, -0.1) is 0 Å². The van der Waals surface area contributed by atoms with Crippen molar-refractivity contribution in [2.75, 3.05) is 33.9 Å². The first-order valence-corrected chi connectivity index (χ1v) is 13.5. The molecule has 2 aromatic rings. The van der Waals surface area contributed by atoms with Crippen LogP contribution in [0.2, 0.25) is 5.15 Å². The smallest absolute Gasteiger partial charge is 0.277 e.